The number of rotatable bonds is 5. The molecule has 1 N–H and O–H groups in total. The van der Waals surface area contributed by atoms with E-state index in [2.05, 4.69) is 4.98 Å². The zero-order chi connectivity index (χ0) is 23.7. The Morgan fingerprint density at radius 1 is 1.03 bits per heavy atom. The molecule has 3 aromatic rings. The topological polar surface area (TPSA) is 86.1 Å². The second-order valence-corrected chi connectivity index (χ2v) is 10.4. The molecule has 7 nitrogen and oxygen atoms in total. The van der Waals surface area contributed by atoms with Gasteiger partial charge in [0.05, 0.1) is 5.52 Å². The Morgan fingerprint density at radius 2 is 1.74 bits per heavy atom. The number of carbonyl (C=O) groups is 2. The summed E-state index contributed by atoms with van der Waals surface area (Å²) >= 11 is 0. The van der Waals surface area contributed by atoms with Crippen LogP contribution in [0.4, 0.5) is 0 Å². The van der Waals surface area contributed by atoms with E-state index in [4.69, 9.17) is 4.99 Å². The molecule has 3 fully saturated rings. The average Bonchev–Trinajstić information content (AvgIpc) is 3.76. The fourth-order valence-corrected chi connectivity index (χ4v) is 5.32. The second-order valence-electron chi connectivity index (χ2n) is 10.4. The Hall–Kier alpha value is -3.74. The van der Waals surface area contributed by atoms with Crippen LogP contribution in [-0.4, -0.2) is 62.7 Å². The monoisotopic (exact) mass is 466 g/mol. The maximum Gasteiger partial charge on any atom is 0.256 e. The Kier molecular flexibility index (Phi) is 4.35. The van der Waals surface area contributed by atoms with Gasteiger partial charge in [0.25, 0.3) is 5.91 Å². The summed E-state index contributed by atoms with van der Waals surface area (Å²) in [7, 11) is 0. The van der Waals surface area contributed by atoms with E-state index in [0.29, 0.717) is 18.0 Å². The number of hydrogen-bond donors (Lipinski definition) is 1. The van der Waals surface area contributed by atoms with Gasteiger partial charge in [0.1, 0.15) is 11.4 Å². The molecular weight excluding hydrogens is 440 g/mol. The largest absolute Gasteiger partial charge is 0.493 e. The second kappa shape index (κ2) is 7.38. The minimum Gasteiger partial charge on any atom is -0.493 e. The summed E-state index contributed by atoms with van der Waals surface area (Å²) in [6, 6.07) is 17.5. The Labute approximate surface area is 203 Å². The van der Waals surface area contributed by atoms with Crippen molar-refractivity contribution in [2.75, 3.05) is 19.6 Å². The van der Waals surface area contributed by atoms with E-state index in [1.165, 1.54) is 0 Å². The third-order valence-electron chi connectivity index (χ3n) is 7.74. The molecule has 3 heterocycles. The molecule has 2 aliphatic carbocycles. The lowest BCUT2D eigenvalue weighted by Crippen LogP contribution is -2.55. The number of hydrogen-bond acceptors (Lipinski definition) is 5. The number of para-hydroxylation sites is 1. The van der Waals surface area contributed by atoms with E-state index in [1.807, 2.05) is 64.4 Å². The molecule has 2 amide bonds. The normalized spacial score (nSPS) is 20.9. The van der Waals surface area contributed by atoms with Gasteiger partial charge < -0.3 is 10.0 Å². The first-order valence-electron chi connectivity index (χ1n) is 12.4. The van der Waals surface area contributed by atoms with E-state index in [-0.39, 0.29) is 23.6 Å². The molecular formula is C28H26N4O3. The van der Waals surface area contributed by atoms with Crippen LogP contribution in [0.3, 0.4) is 0 Å². The minimum absolute atomic E-state index is 0.00123. The molecule has 0 bridgehead atoms. The smallest absolute Gasteiger partial charge is 0.256 e. The van der Waals surface area contributed by atoms with Crippen LogP contribution in [0.15, 0.2) is 59.6 Å². The van der Waals surface area contributed by atoms with E-state index < -0.39 is 5.54 Å². The van der Waals surface area contributed by atoms with Gasteiger partial charge in [-0.2, -0.15) is 0 Å². The third-order valence-corrected chi connectivity index (χ3v) is 7.74. The molecule has 2 aromatic carbocycles. The summed E-state index contributed by atoms with van der Waals surface area (Å²) in [4.78, 5) is 38.5. The Balaban J connectivity index is 1.13. The van der Waals surface area contributed by atoms with Crippen LogP contribution in [0.5, 0.6) is 5.88 Å². The van der Waals surface area contributed by atoms with Gasteiger partial charge in [0.15, 0.2) is 0 Å². The summed E-state index contributed by atoms with van der Waals surface area (Å²) in [6.07, 6.45) is 3.65. The van der Waals surface area contributed by atoms with E-state index in [0.717, 1.165) is 66.6 Å². The lowest BCUT2D eigenvalue weighted by molar-refractivity contribution is -0.139. The Bertz CT molecular complexity index is 1400. The SMILES string of the molecule is O=C(C1CC1)N1CC(CN2C(=O)C3(CC3)N=C2c2ccc(-c3cc4ccccc4nc3O)cc2)C1. The van der Waals surface area contributed by atoms with Crippen LogP contribution in [0.2, 0.25) is 0 Å². The first-order valence-corrected chi connectivity index (χ1v) is 12.4. The number of fused-ring (bicyclic) bond motifs is 1. The van der Waals surface area contributed by atoms with E-state index in [9.17, 15) is 14.7 Å². The molecule has 0 atom stereocenters. The summed E-state index contributed by atoms with van der Waals surface area (Å²) in [5.41, 5.74) is 2.61. The maximum absolute atomic E-state index is 13.2. The number of pyridine rings is 1. The number of aliphatic imine (C=N–C) groups is 1. The first-order chi connectivity index (χ1) is 17.0. The quantitative estimate of drug-likeness (QED) is 0.623. The van der Waals surface area contributed by atoms with Crippen LogP contribution in [0, 0.1) is 11.8 Å². The van der Waals surface area contributed by atoms with E-state index in [1.54, 1.807) is 0 Å². The van der Waals surface area contributed by atoms with Gasteiger partial charge in [-0.1, -0.05) is 42.5 Å². The number of amides is 2. The van der Waals surface area contributed by atoms with Gasteiger partial charge in [0.2, 0.25) is 11.8 Å². The lowest BCUT2D eigenvalue weighted by atomic mass is 9.97. The van der Waals surface area contributed by atoms with Crippen molar-refractivity contribution in [1.29, 1.82) is 0 Å². The number of likely N-dealkylation sites (tertiary alicyclic amines) is 1. The predicted molar refractivity (Wildman–Crippen MR) is 132 cm³/mol. The highest BCUT2D eigenvalue weighted by Crippen LogP contribution is 2.46. The van der Waals surface area contributed by atoms with Gasteiger partial charge in [-0.3, -0.25) is 19.5 Å². The van der Waals surface area contributed by atoms with Gasteiger partial charge in [-0.15, -0.1) is 0 Å². The van der Waals surface area contributed by atoms with Crippen molar-refractivity contribution in [2.45, 2.75) is 31.2 Å². The third kappa shape index (κ3) is 3.40. The van der Waals surface area contributed by atoms with Gasteiger partial charge in [0, 0.05) is 48.0 Å². The number of aromatic hydroxyl groups is 1. The minimum atomic E-state index is -0.568. The summed E-state index contributed by atoms with van der Waals surface area (Å²) < 4.78 is 0. The first kappa shape index (κ1) is 20.6. The van der Waals surface area contributed by atoms with Crippen LogP contribution < -0.4 is 0 Å². The van der Waals surface area contributed by atoms with Crippen molar-refractivity contribution in [3.8, 4) is 17.0 Å². The molecule has 0 radical (unpaired) electrons. The lowest BCUT2D eigenvalue weighted by Gasteiger charge is -2.41. The highest BCUT2D eigenvalue weighted by molar-refractivity contribution is 6.16. The zero-order valence-electron chi connectivity index (χ0n) is 19.4. The Morgan fingerprint density at radius 3 is 2.46 bits per heavy atom. The molecule has 7 rings (SSSR count). The van der Waals surface area contributed by atoms with Crippen molar-refractivity contribution in [1.82, 2.24) is 14.8 Å². The number of amidine groups is 1. The average molecular weight is 467 g/mol. The van der Waals surface area contributed by atoms with Crippen LogP contribution in [0.1, 0.15) is 31.2 Å². The maximum atomic E-state index is 13.2. The number of nitrogens with zero attached hydrogens (tertiary/aromatic N) is 4. The molecule has 1 spiro atoms. The molecule has 0 unspecified atom stereocenters. The molecule has 2 aliphatic heterocycles. The zero-order valence-corrected chi connectivity index (χ0v) is 19.4. The molecule has 4 aliphatic rings. The van der Waals surface area contributed by atoms with Crippen LogP contribution >= 0.6 is 0 Å². The molecule has 176 valence electrons. The van der Waals surface area contributed by atoms with Crippen molar-refractivity contribution >= 4 is 28.6 Å². The summed E-state index contributed by atoms with van der Waals surface area (Å²) in [5, 5.41) is 11.5. The van der Waals surface area contributed by atoms with Crippen molar-refractivity contribution in [3.63, 3.8) is 0 Å². The van der Waals surface area contributed by atoms with Crippen LogP contribution in [0.25, 0.3) is 22.0 Å². The molecule has 1 saturated heterocycles. The summed E-state index contributed by atoms with van der Waals surface area (Å²) in [6.45, 7) is 2.06. The van der Waals surface area contributed by atoms with Crippen molar-refractivity contribution < 1.29 is 14.7 Å². The molecule has 2 saturated carbocycles. The fraction of sp³-hybridized carbons (Fsp3) is 0.357. The molecule has 1 aromatic heterocycles. The van der Waals surface area contributed by atoms with Gasteiger partial charge in [-0.05, 0) is 43.4 Å². The van der Waals surface area contributed by atoms with Crippen LogP contribution in [-0.2, 0) is 9.59 Å². The molecule has 7 heteroatoms. The summed E-state index contributed by atoms with van der Waals surface area (Å²) in [5.74, 6) is 1.64. The highest BCUT2D eigenvalue weighted by Gasteiger charge is 2.57. The number of aromatic nitrogens is 1. The fourth-order valence-electron chi connectivity index (χ4n) is 5.32. The predicted octanol–water partition coefficient (Wildman–Crippen LogP) is 3.60. The van der Waals surface area contributed by atoms with Crippen molar-refractivity contribution in [2.24, 2.45) is 16.8 Å². The van der Waals surface area contributed by atoms with Gasteiger partial charge >= 0.3 is 0 Å². The standard InChI is InChI=1S/C28H26N4O3/c33-25-22(13-21-3-1-2-4-23(21)29-25)18-5-7-19(8-6-18)24-30-28(11-12-28)27(35)32(24)16-17-14-31(15-17)26(34)20-9-10-20/h1-8,13,17,20H,9-12,14-16H2,(H,29,33). The highest BCUT2D eigenvalue weighted by atomic mass is 16.3. The van der Waals surface area contributed by atoms with Crippen molar-refractivity contribution in [3.05, 3.63) is 60.2 Å². The van der Waals surface area contributed by atoms with E-state index >= 15 is 0 Å². The molecule has 35 heavy (non-hydrogen) atoms. The number of benzene rings is 2. The number of carbonyl (C=O) groups excluding carboxylic acids is 2. The van der Waals surface area contributed by atoms with Gasteiger partial charge in [-0.25, -0.2) is 4.98 Å².